The number of rotatable bonds is 3. The second-order valence-corrected chi connectivity index (χ2v) is 7.99. The number of hydrogen-bond donors (Lipinski definition) is 1. The summed E-state index contributed by atoms with van der Waals surface area (Å²) in [6.07, 6.45) is 2.47. The van der Waals surface area contributed by atoms with Crippen LogP contribution >= 0.6 is 22.6 Å². The van der Waals surface area contributed by atoms with Crippen molar-refractivity contribution in [2.45, 2.75) is 18.9 Å². The molecule has 1 aromatic carbocycles. The molecule has 0 unspecified atom stereocenters. The molecule has 7 heteroatoms. The van der Waals surface area contributed by atoms with E-state index in [1.165, 1.54) is 0 Å². The minimum Gasteiger partial charge on any atom is -0.339 e. The van der Waals surface area contributed by atoms with Gasteiger partial charge in [0.15, 0.2) is 0 Å². The third-order valence-corrected chi connectivity index (χ3v) is 4.73. The number of carbonyl (C=O) groups excluding carboxylic acids is 1. The molecule has 20 heavy (non-hydrogen) atoms. The fourth-order valence-corrected chi connectivity index (χ4v) is 3.48. The smallest absolute Gasteiger partial charge is 0.253 e. The van der Waals surface area contributed by atoms with Crippen molar-refractivity contribution in [1.82, 2.24) is 9.62 Å². The van der Waals surface area contributed by atoms with Crippen LogP contribution in [0.4, 0.5) is 0 Å². The molecule has 1 heterocycles. The molecule has 0 atom stereocenters. The summed E-state index contributed by atoms with van der Waals surface area (Å²) in [4.78, 5) is 14.1. The first-order valence-corrected chi connectivity index (χ1v) is 9.34. The van der Waals surface area contributed by atoms with Gasteiger partial charge in [0.25, 0.3) is 5.91 Å². The third-order valence-electron chi connectivity index (χ3n) is 3.25. The number of nitrogens with one attached hydrogen (secondary N) is 1. The summed E-state index contributed by atoms with van der Waals surface area (Å²) in [5.41, 5.74) is 0.680. The van der Waals surface area contributed by atoms with Crippen LogP contribution in [0.5, 0.6) is 0 Å². The molecule has 0 saturated carbocycles. The van der Waals surface area contributed by atoms with E-state index in [9.17, 15) is 13.2 Å². The van der Waals surface area contributed by atoms with Crippen LogP contribution in [0.3, 0.4) is 0 Å². The summed E-state index contributed by atoms with van der Waals surface area (Å²) in [5.74, 6) is 0.0132. The second kappa shape index (κ2) is 6.40. The molecule has 1 aliphatic rings. The van der Waals surface area contributed by atoms with Crippen molar-refractivity contribution in [1.29, 1.82) is 0 Å². The number of benzene rings is 1. The molecule has 0 aliphatic carbocycles. The molecular formula is C13H17IN2O3S. The van der Waals surface area contributed by atoms with Gasteiger partial charge in [-0.25, -0.2) is 13.1 Å². The van der Waals surface area contributed by atoms with Crippen molar-refractivity contribution in [2.24, 2.45) is 0 Å². The van der Waals surface area contributed by atoms with Crippen molar-refractivity contribution < 1.29 is 13.2 Å². The van der Waals surface area contributed by atoms with Crippen molar-refractivity contribution >= 4 is 38.5 Å². The zero-order valence-corrected chi connectivity index (χ0v) is 14.1. The van der Waals surface area contributed by atoms with Crippen molar-refractivity contribution in [3.8, 4) is 0 Å². The van der Waals surface area contributed by atoms with E-state index >= 15 is 0 Å². The largest absolute Gasteiger partial charge is 0.339 e. The Morgan fingerprint density at radius 3 is 2.30 bits per heavy atom. The molecular weight excluding hydrogens is 391 g/mol. The zero-order chi connectivity index (χ0) is 14.8. The number of sulfonamides is 1. The standard InChI is InChI=1S/C13H17IN2O3S/c1-20(18,19)15-12-6-8-16(9-7-12)13(17)10-2-4-11(14)5-3-10/h2-5,12,15H,6-9H2,1H3. The van der Waals surface area contributed by atoms with Gasteiger partial charge in [0.1, 0.15) is 0 Å². The van der Waals surface area contributed by atoms with Gasteiger partial charge < -0.3 is 4.90 Å². The quantitative estimate of drug-likeness (QED) is 0.770. The van der Waals surface area contributed by atoms with E-state index in [0.717, 1.165) is 9.83 Å². The van der Waals surface area contributed by atoms with Gasteiger partial charge in [-0.3, -0.25) is 4.79 Å². The predicted molar refractivity (Wildman–Crippen MR) is 86.1 cm³/mol. The lowest BCUT2D eigenvalue weighted by Gasteiger charge is -2.32. The van der Waals surface area contributed by atoms with Gasteiger partial charge in [-0.2, -0.15) is 0 Å². The van der Waals surface area contributed by atoms with Crippen LogP contribution in [0, 0.1) is 3.57 Å². The van der Waals surface area contributed by atoms with Crippen LogP contribution < -0.4 is 4.72 Å². The monoisotopic (exact) mass is 408 g/mol. The van der Waals surface area contributed by atoms with Crippen LogP contribution in [-0.2, 0) is 10.0 Å². The summed E-state index contributed by atoms with van der Waals surface area (Å²) in [6, 6.07) is 7.40. The molecule has 0 spiro atoms. The van der Waals surface area contributed by atoms with Crippen molar-refractivity contribution in [3.63, 3.8) is 0 Å². The van der Waals surface area contributed by atoms with Crippen LogP contribution in [-0.4, -0.2) is 44.6 Å². The van der Waals surface area contributed by atoms with Gasteiger partial charge in [-0.1, -0.05) is 0 Å². The first kappa shape index (κ1) is 15.7. The number of nitrogens with zero attached hydrogens (tertiary/aromatic N) is 1. The maximum atomic E-state index is 12.3. The third kappa shape index (κ3) is 4.42. The molecule has 1 aliphatic heterocycles. The average Bonchev–Trinajstić information content (AvgIpc) is 2.38. The highest BCUT2D eigenvalue weighted by Crippen LogP contribution is 2.15. The maximum absolute atomic E-state index is 12.3. The Balaban J connectivity index is 1.93. The summed E-state index contributed by atoms with van der Waals surface area (Å²) < 4.78 is 26.0. The molecule has 1 aromatic rings. The van der Waals surface area contributed by atoms with Crippen molar-refractivity contribution in [3.05, 3.63) is 33.4 Å². The molecule has 0 radical (unpaired) electrons. The SMILES string of the molecule is CS(=O)(=O)NC1CCN(C(=O)c2ccc(I)cc2)CC1. The molecule has 0 aromatic heterocycles. The van der Waals surface area contributed by atoms with E-state index in [2.05, 4.69) is 27.3 Å². The van der Waals surface area contributed by atoms with Gasteiger partial charge in [0, 0.05) is 28.3 Å². The molecule has 1 fully saturated rings. The van der Waals surface area contributed by atoms with Crippen molar-refractivity contribution in [2.75, 3.05) is 19.3 Å². The first-order chi connectivity index (χ1) is 9.35. The van der Waals surface area contributed by atoms with Gasteiger partial charge in [-0.05, 0) is 59.7 Å². The molecule has 2 rings (SSSR count). The minimum atomic E-state index is -3.17. The van der Waals surface area contributed by atoms with Gasteiger partial charge in [-0.15, -0.1) is 0 Å². The number of hydrogen-bond acceptors (Lipinski definition) is 3. The number of halogens is 1. The minimum absolute atomic E-state index is 0.0132. The Kier molecular flexibility index (Phi) is 5.03. The zero-order valence-electron chi connectivity index (χ0n) is 11.2. The lowest BCUT2D eigenvalue weighted by molar-refractivity contribution is 0.0711. The van der Waals surface area contributed by atoms with E-state index in [0.29, 0.717) is 31.5 Å². The highest BCUT2D eigenvalue weighted by molar-refractivity contribution is 14.1. The Bertz CT molecular complexity index is 578. The van der Waals surface area contributed by atoms with Crippen LogP contribution in [0.25, 0.3) is 0 Å². The number of amides is 1. The van der Waals surface area contributed by atoms with Gasteiger partial charge in [0.05, 0.1) is 6.26 Å². The molecule has 1 saturated heterocycles. The van der Waals surface area contributed by atoms with Gasteiger partial charge in [0.2, 0.25) is 10.0 Å². The summed E-state index contributed by atoms with van der Waals surface area (Å²) >= 11 is 2.20. The topological polar surface area (TPSA) is 66.5 Å². The van der Waals surface area contributed by atoms with Crippen LogP contribution in [0.1, 0.15) is 23.2 Å². The number of piperidine rings is 1. The first-order valence-electron chi connectivity index (χ1n) is 6.37. The normalized spacial score (nSPS) is 17.2. The summed E-state index contributed by atoms with van der Waals surface area (Å²) in [5, 5.41) is 0. The van der Waals surface area contributed by atoms with Crippen LogP contribution in [0.15, 0.2) is 24.3 Å². The van der Waals surface area contributed by atoms with E-state index in [-0.39, 0.29) is 11.9 Å². The number of likely N-dealkylation sites (tertiary alicyclic amines) is 1. The number of carbonyl (C=O) groups is 1. The summed E-state index contributed by atoms with van der Waals surface area (Å²) in [6.45, 7) is 1.16. The highest BCUT2D eigenvalue weighted by Gasteiger charge is 2.25. The summed E-state index contributed by atoms with van der Waals surface area (Å²) in [7, 11) is -3.17. The van der Waals surface area contributed by atoms with E-state index in [1.807, 2.05) is 24.3 Å². The Labute approximate surface area is 132 Å². The van der Waals surface area contributed by atoms with E-state index in [4.69, 9.17) is 0 Å². The fourth-order valence-electron chi connectivity index (χ4n) is 2.28. The molecule has 1 N–H and O–H groups in total. The highest BCUT2D eigenvalue weighted by atomic mass is 127. The average molecular weight is 408 g/mol. The fraction of sp³-hybridized carbons (Fsp3) is 0.462. The molecule has 1 amide bonds. The lowest BCUT2D eigenvalue weighted by Crippen LogP contribution is -2.46. The predicted octanol–water partition coefficient (Wildman–Crippen LogP) is 1.45. The molecule has 110 valence electrons. The van der Waals surface area contributed by atoms with E-state index < -0.39 is 10.0 Å². The Morgan fingerprint density at radius 2 is 1.80 bits per heavy atom. The Hall–Kier alpha value is -0.670. The van der Waals surface area contributed by atoms with Crippen LogP contribution in [0.2, 0.25) is 0 Å². The lowest BCUT2D eigenvalue weighted by atomic mass is 10.0. The van der Waals surface area contributed by atoms with Gasteiger partial charge >= 0.3 is 0 Å². The molecule has 0 bridgehead atoms. The second-order valence-electron chi connectivity index (χ2n) is 4.96. The van der Waals surface area contributed by atoms with E-state index in [1.54, 1.807) is 4.90 Å². The molecule has 5 nitrogen and oxygen atoms in total. The maximum Gasteiger partial charge on any atom is 0.253 e. The Morgan fingerprint density at radius 1 is 1.25 bits per heavy atom.